The summed E-state index contributed by atoms with van der Waals surface area (Å²) >= 11 is 0. The van der Waals surface area contributed by atoms with Gasteiger partial charge in [-0.15, -0.1) is 0 Å². The average molecular weight is 288 g/mol. The van der Waals surface area contributed by atoms with Gasteiger partial charge >= 0.3 is 0 Å². The molecule has 0 saturated carbocycles. The lowest BCUT2D eigenvalue weighted by Gasteiger charge is -2.21. The highest BCUT2D eigenvalue weighted by atomic mass is 16.3. The van der Waals surface area contributed by atoms with E-state index in [1.54, 1.807) is 18.5 Å². The zero-order chi connectivity index (χ0) is 14.7. The van der Waals surface area contributed by atoms with Crippen LogP contribution in [-0.4, -0.2) is 51.9 Å². The second-order valence-electron chi connectivity index (χ2n) is 5.37. The number of amides is 1. The van der Waals surface area contributed by atoms with Gasteiger partial charge in [-0.1, -0.05) is 0 Å². The van der Waals surface area contributed by atoms with Crippen LogP contribution in [0.1, 0.15) is 28.4 Å². The SMILES string of the molecule is Cc1[nH]cnc1CN1CCCN(C(=O)c2ccco2)CC1. The van der Waals surface area contributed by atoms with E-state index in [4.69, 9.17) is 4.42 Å². The number of aromatic nitrogens is 2. The van der Waals surface area contributed by atoms with Crippen molar-refractivity contribution in [2.24, 2.45) is 0 Å². The summed E-state index contributed by atoms with van der Waals surface area (Å²) < 4.78 is 5.20. The number of hydrogen-bond acceptors (Lipinski definition) is 4. The number of nitrogens with one attached hydrogen (secondary N) is 1. The first-order valence-electron chi connectivity index (χ1n) is 7.28. The van der Waals surface area contributed by atoms with Gasteiger partial charge in [0.25, 0.3) is 5.91 Å². The highest BCUT2D eigenvalue weighted by Crippen LogP contribution is 2.12. The molecule has 0 spiro atoms. The maximum absolute atomic E-state index is 12.3. The molecule has 1 aliphatic rings. The Bertz CT molecular complexity index is 591. The fourth-order valence-corrected chi connectivity index (χ4v) is 2.65. The van der Waals surface area contributed by atoms with Gasteiger partial charge in [-0.25, -0.2) is 4.98 Å². The summed E-state index contributed by atoms with van der Waals surface area (Å²) in [5, 5.41) is 0. The summed E-state index contributed by atoms with van der Waals surface area (Å²) in [7, 11) is 0. The minimum atomic E-state index is -0.0159. The molecular formula is C15H20N4O2. The topological polar surface area (TPSA) is 65.4 Å². The highest BCUT2D eigenvalue weighted by Gasteiger charge is 2.22. The molecule has 1 amide bonds. The van der Waals surface area contributed by atoms with Gasteiger partial charge in [0, 0.05) is 38.4 Å². The lowest BCUT2D eigenvalue weighted by Crippen LogP contribution is -2.35. The lowest BCUT2D eigenvalue weighted by atomic mass is 10.3. The first-order chi connectivity index (χ1) is 10.2. The minimum Gasteiger partial charge on any atom is -0.459 e. The summed E-state index contributed by atoms with van der Waals surface area (Å²) in [6.07, 6.45) is 4.24. The summed E-state index contributed by atoms with van der Waals surface area (Å²) in [6, 6.07) is 3.47. The molecule has 0 aromatic carbocycles. The molecule has 6 nitrogen and oxygen atoms in total. The van der Waals surface area contributed by atoms with E-state index in [1.165, 1.54) is 6.26 Å². The molecule has 3 heterocycles. The van der Waals surface area contributed by atoms with Gasteiger partial charge in [-0.2, -0.15) is 0 Å². The van der Waals surface area contributed by atoms with Gasteiger partial charge in [-0.3, -0.25) is 9.69 Å². The fraction of sp³-hybridized carbons (Fsp3) is 0.467. The third-order valence-corrected chi connectivity index (χ3v) is 3.92. The van der Waals surface area contributed by atoms with E-state index < -0.39 is 0 Å². The predicted octanol–water partition coefficient (Wildman–Crippen LogP) is 1.66. The Morgan fingerprint density at radius 2 is 2.29 bits per heavy atom. The molecule has 1 fully saturated rings. The van der Waals surface area contributed by atoms with E-state index >= 15 is 0 Å². The van der Waals surface area contributed by atoms with E-state index in [0.29, 0.717) is 5.76 Å². The first kappa shape index (κ1) is 13.9. The molecule has 0 atom stereocenters. The van der Waals surface area contributed by atoms with Crippen molar-refractivity contribution in [3.63, 3.8) is 0 Å². The molecule has 2 aromatic rings. The van der Waals surface area contributed by atoms with Crippen molar-refractivity contribution in [3.05, 3.63) is 41.9 Å². The van der Waals surface area contributed by atoms with E-state index in [9.17, 15) is 4.79 Å². The van der Waals surface area contributed by atoms with Crippen LogP contribution in [0, 0.1) is 6.92 Å². The van der Waals surface area contributed by atoms with E-state index in [1.807, 2.05) is 11.8 Å². The normalized spacial score (nSPS) is 16.9. The standard InChI is InChI=1S/C15H20N4O2/c1-12-13(17-11-16-12)10-18-5-3-6-19(8-7-18)15(20)14-4-2-9-21-14/h2,4,9,11H,3,5-8,10H2,1H3,(H,16,17). The van der Waals surface area contributed by atoms with Crippen LogP contribution < -0.4 is 0 Å². The Morgan fingerprint density at radius 3 is 3.00 bits per heavy atom. The molecule has 0 radical (unpaired) electrons. The monoisotopic (exact) mass is 288 g/mol. The predicted molar refractivity (Wildman–Crippen MR) is 77.8 cm³/mol. The molecule has 1 aliphatic heterocycles. The highest BCUT2D eigenvalue weighted by molar-refractivity contribution is 5.91. The van der Waals surface area contributed by atoms with Crippen LogP contribution in [0.15, 0.2) is 29.1 Å². The number of aryl methyl sites for hydroxylation is 1. The maximum Gasteiger partial charge on any atom is 0.289 e. The number of carbonyl (C=O) groups excluding carboxylic acids is 1. The molecule has 3 rings (SSSR count). The lowest BCUT2D eigenvalue weighted by molar-refractivity contribution is 0.0729. The number of nitrogens with zero attached hydrogens (tertiary/aromatic N) is 3. The van der Waals surface area contributed by atoms with Crippen LogP contribution in [0.5, 0.6) is 0 Å². The molecular weight excluding hydrogens is 268 g/mol. The van der Waals surface area contributed by atoms with Crippen LogP contribution in [0.3, 0.4) is 0 Å². The first-order valence-corrected chi connectivity index (χ1v) is 7.28. The number of carbonyl (C=O) groups is 1. The van der Waals surface area contributed by atoms with Crippen molar-refractivity contribution in [1.82, 2.24) is 19.8 Å². The quantitative estimate of drug-likeness (QED) is 0.933. The Kier molecular flexibility index (Phi) is 4.06. The number of rotatable bonds is 3. The van der Waals surface area contributed by atoms with Gasteiger partial charge in [0.05, 0.1) is 18.3 Å². The molecule has 0 unspecified atom stereocenters. The average Bonchev–Trinajstić information content (AvgIpc) is 3.08. The number of imidazole rings is 1. The van der Waals surface area contributed by atoms with E-state index in [0.717, 1.165) is 50.5 Å². The zero-order valence-electron chi connectivity index (χ0n) is 12.2. The summed E-state index contributed by atoms with van der Waals surface area (Å²) in [4.78, 5) is 24.0. The molecule has 0 aliphatic carbocycles. The molecule has 6 heteroatoms. The maximum atomic E-state index is 12.3. The third kappa shape index (κ3) is 3.16. The molecule has 112 valence electrons. The van der Waals surface area contributed by atoms with Crippen molar-refractivity contribution in [2.45, 2.75) is 19.9 Å². The molecule has 0 bridgehead atoms. The fourth-order valence-electron chi connectivity index (χ4n) is 2.65. The van der Waals surface area contributed by atoms with Gasteiger partial charge in [-0.05, 0) is 25.5 Å². The van der Waals surface area contributed by atoms with Crippen LogP contribution in [0.4, 0.5) is 0 Å². The second kappa shape index (κ2) is 6.13. The number of H-pyrrole nitrogens is 1. The third-order valence-electron chi connectivity index (χ3n) is 3.92. The van der Waals surface area contributed by atoms with Gasteiger partial charge in [0.15, 0.2) is 5.76 Å². The number of hydrogen-bond donors (Lipinski definition) is 1. The van der Waals surface area contributed by atoms with Crippen LogP contribution in [0.25, 0.3) is 0 Å². The molecule has 1 saturated heterocycles. The van der Waals surface area contributed by atoms with E-state index in [-0.39, 0.29) is 5.91 Å². The Hall–Kier alpha value is -2.08. The van der Waals surface area contributed by atoms with Crippen molar-refractivity contribution >= 4 is 5.91 Å². The number of furan rings is 1. The number of aromatic amines is 1. The van der Waals surface area contributed by atoms with Crippen LogP contribution in [0.2, 0.25) is 0 Å². The summed E-state index contributed by atoms with van der Waals surface area (Å²) in [6.45, 7) is 6.20. The Morgan fingerprint density at radius 1 is 1.38 bits per heavy atom. The van der Waals surface area contributed by atoms with Crippen LogP contribution in [-0.2, 0) is 6.54 Å². The molecule has 21 heavy (non-hydrogen) atoms. The van der Waals surface area contributed by atoms with Gasteiger partial charge < -0.3 is 14.3 Å². The van der Waals surface area contributed by atoms with Crippen molar-refractivity contribution in [1.29, 1.82) is 0 Å². The van der Waals surface area contributed by atoms with Gasteiger partial charge in [0.2, 0.25) is 0 Å². The second-order valence-corrected chi connectivity index (χ2v) is 5.37. The Labute approximate surface area is 123 Å². The molecule has 2 aromatic heterocycles. The van der Waals surface area contributed by atoms with Crippen molar-refractivity contribution in [3.8, 4) is 0 Å². The zero-order valence-corrected chi connectivity index (χ0v) is 12.2. The van der Waals surface area contributed by atoms with Gasteiger partial charge in [0.1, 0.15) is 0 Å². The molecule has 1 N–H and O–H groups in total. The van der Waals surface area contributed by atoms with E-state index in [2.05, 4.69) is 14.9 Å². The Balaban J connectivity index is 1.59. The minimum absolute atomic E-state index is 0.0159. The summed E-state index contributed by atoms with van der Waals surface area (Å²) in [5.74, 6) is 0.407. The smallest absolute Gasteiger partial charge is 0.289 e. The largest absolute Gasteiger partial charge is 0.459 e. The summed E-state index contributed by atoms with van der Waals surface area (Å²) in [5.41, 5.74) is 2.20. The van der Waals surface area contributed by atoms with Crippen LogP contribution >= 0.6 is 0 Å². The van der Waals surface area contributed by atoms with Crippen molar-refractivity contribution in [2.75, 3.05) is 26.2 Å². The van der Waals surface area contributed by atoms with Crippen molar-refractivity contribution < 1.29 is 9.21 Å².